The molecule has 3 amide bonds. The highest BCUT2D eigenvalue weighted by Gasteiger charge is 2.42. The largest absolute Gasteiger partial charge is 0.444 e. The van der Waals surface area contributed by atoms with Gasteiger partial charge < -0.3 is 20.3 Å². The van der Waals surface area contributed by atoms with Crippen LogP contribution < -0.4 is 10.6 Å². The van der Waals surface area contributed by atoms with E-state index >= 15 is 0 Å². The minimum Gasteiger partial charge on any atom is -0.444 e. The molecule has 1 saturated heterocycles. The molecule has 1 fully saturated rings. The van der Waals surface area contributed by atoms with Gasteiger partial charge in [0.15, 0.2) is 0 Å². The highest BCUT2D eigenvalue weighted by Crippen LogP contribution is 2.31. The molecule has 0 radical (unpaired) electrons. The SMILES string of the molecule is CC(C)(C)OC(=O)N[C@@H](C(=O)N1CCC[C@H]1C(=O)NC1CCc2[nH]ncc2C1)C(c1ccccc1)c1ccccc1. The third-order valence-corrected chi connectivity index (χ3v) is 7.79. The van der Waals surface area contributed by atoms with Crippen LogP contribution in [0.25, 0.3) is 0 Å². The lowest BCUT2D eigenvalue weighted by Crippen LogP contribution is -2.57. The van der Waals surface area contributed by atoms with Gasteiger partial charge in [0, 0.05) is 24.2 Å². The molecule has 9 nitrogen and oxygen atoms in total. The summed E-state index contributed by atoms with van der Waals surface area (Å²) in [5.41, 5.74) is 3.27. The third-order valence-electron chi connectivity index (χ3n) is 7.79. The summed E-state index contributed by atoms with van der Waals surface area (Å²) in [6, 6.07) is 17.7. The molecule has 3 atom stereocenters. The Balaban J connectivity index is 1.42. The summed E-state index contributed by atoms with van der Waals surface area (Å²) in [5.74, 6) is -0.939. The molecule has 1 aromatic heterocycles. The van der Waals surface area contributed by atoms with Crippen molar-refractivity contribution < 1.29 is 19.1 Å². The number of aromatic nitrogens is 2. The van der Waals surface area contributed by atoms with Crippen LogP contribution >= 0.6 is 0 Å². The zero-order chi connectivity index (χ0) is 29.0. The second-order valence-electron chi connectivity index (χ2n) is 11.9. The zero-order valence-corrected chi connectivity index (χ0v) is 23.9. The number of benzene rings is 2. The first kappa shape index (κ1) is 28.4. The lowest BCUT2D eigenvalue weighted by Gasteiger charge is -2.34. The Morgan fingerprint density at radius 1 is 1.00 bits per heavy atom. The number of carbonyl (C=O) groups excluding carboxylic acids is 3. The molecule has 0 spiro atoms. The number of alkyl carbamates (subject to hydrolysis) is 1. The Morgan fingerprint density at radius 3 is 2.29 bits per heavy atom. The average molecular weight is 558 g/mol. The number of hydrogen-bond donors (Lipinski definition) is 3. The summed E-state index contributed by atoms with van der Waals surface area (Å²) in [7, 11) is 0. The van der Waals surface area contributed by atoms with Crippen molar-refractivity contribution in [3.63, 3.8) is 0 Å². The van der Waals surface area contributed by atoms with E-state index in [4.69, 9.17) is 4.74 Å². The molecule has 2 aliphatic rings. The predicted octanol–water partition coefficient (Wildman–Crippen LogP) is 4.10. The second kappa shape index (κ2) is 12.2. The maximum absolute atomic E-state index is 14.4. The van der Waals surface area contributed by atoms with E-state index in [0.29, 0.717) is 25.8 Å². The van der Waals surface area contributed by atoms with Crippen molar-refractivity contribution in [2.75, 3.05) is 6.54 Å². The summed E-state index contributed by atoms with van der Waals surface area (Å²) in [4.78, 5) is 42.8. The van der Waals surface area contributed by atoms with Gasteiger partial charge in [0.05, 0.1) is 6.20 Å². The van der Waals surface area contributed by atoms with Crippen LogP contribution in [-0.4, -0.2) is 63.3 Å². The first-order valence-electron chi connectivity index (χ1n) is 14.4. The lowest BCUT2D eigenvalue weighted by molar-refractivity contribution is -0.140. The van der Waals surface area contributed by atoms with Crippen LogP contribution in [0.15, 0.2) is 66.9 Å². The van der Waals surface area contributed by atoms with Gasteiger partial charge in [-0.3, -0.25) is 14.7 Å². The fourth-order valence-corrected chi connectivity index (χ4v) is 5.94. The van der Waals surface area contributed by atoms with E-state index in [0.717, 1.165) is 35.2 Å². The Morgan fingerprint density at radius 2 is 1.66 bits per heavy atom. The van der Waals surface area contributed by atoms with E-state index in [9.17, 15) is 14.4 Å². The molecule has 2 aromatic carbocycles. The Kier molecular flexibility index (Phi) is 8.42. The van der Waals surface area contributed by atoms with Gasteiger partial charge in [-0.15, -0.1) is 0 Å². The van der Waals surface area contributed by atoms with Crippen LogP contribution in [0.4, 0.5) is 4.79 Å². The number of ether oxygens (including phenoxy) is 1. The average Bonchev–Trinajstić information content (AvgIpc) is 3.62. The standard InChI is InChI=1S/C32H39N5O4/c1-32(2,3)41-31(40)35-28(27(21-11-6-4-7-12-21)22-13-8-5-9-14-22)30(39)37-18-10-15-26(37)29(38)34-24-16-17-25-23(19-24)20-33-36-25/h4-9,11-14,20,24,26-28H,10,15-19H2,1-3H3,(H,33,36)(H,34,38)(H,35,40)/t24?,26-,28+/m0/s1. The smallest absolute Gasteiger partial charge is 0.408 e. The monoisotopic (exact) mass is 557 g/mol. The van der Waals surface area contributed by atoms with E-state index < -0.39 is 29.7 Å². The molecule has 9 heteroatoms. The number of fused-ring (bicyclic) bond motifs is 1. The van der Waals surface area contributed by atoms with Gasteiger partial charge >= 0.3 is 6.09 Å². The lowest BCUT2D eigenvalue weighted by atomic mass is 9.84. The fraction of sp³-hybridized carbons (Fsp3) is 0.438. The summed E-state index contributed by atoms with van der Waals surface area (Å²) >= 11 is 0. The van der Waals surface area contributed by atoms with Crippen molar-refractivity contribution in [1.29, 1.82) is 0 Å². The van der Waals surface area contributed by atoms with E-state index in [1.807, 2.05) is 66.9 Å². The minimum absolute atomic E-state index is 0.0118. The van der Waals surface area contributed by atoms with E-state index in [1.54, 1.807) is 25.7 Å². The molecule has 1 aliphatic heterocycles. The van der Waals surface area contributed by atoms with E-state index in [1.165, 1.54) is 0 Å². The molecular weight excluding hydrogens is 518 g/mol. The first-order chi connectivity index (χ1) is 19.7. The zero-order valence-electron chi connectivity index (χ0n) is 23.9. The molecule has 3 N–H and O–H groups in total. The van der Waals surface area contributed by atoms with Crippen LogP contribution in [0, 0.1) is 0 Å². The number of aryl methyl sites for hydroxylation is 1. The Labute approximate surface area is 241 Å². The molecule has 41 heavy (non-hydrogen) atoms. The number of aromatic amines is 1. The number of nitrogens with one attached hydrogen (secondary N) is 3. The van der Waals surface area contributed by atoms with Crippen LogP contribution in [0.2, 0.25) is 0 Å². The Hall–Kier alpha value is -4.14. The van der Waals surface area contributed by atoms with Gasteiger partial charge in [-0.05, 0) is 69.6 Å². The maximum atomic E-state index is 14.4. The summed E-state index contributed by atoms with van der Waals surface area (Å²) in [6.07, 6.45) is 4.78. The van der Waals surface area contributed by atoms with Crippen LogP contribution in [-0.2, 0) is 27.2 Å². The molecule has 1 unspecified atom stereocenters. The van der Waals surface area contributed by atoms with Crippen LogP contribution in [0.1, 0.15) is 68.3 Å². The van der Waals surface area contributed by atoms with Gasteiger partial charge in [-0.2, -0.15) is 5.10 Å². The van der Waals surface area contributed by atoms with E-state index in [2.05, 4.69) is 20.8 Å². The first-order valence-corrected chi connectivity index (χ1v) is 14.4. The molecule has 0 saturated carbocycles. The van der Waals surface area contributed by atoms with Crippen molar-refractivity contribution in [2.24, 2.45) is 0 Å². The van der Waals surface area contributed by atoms with Crippen molar-refractivity contribution in [3.8, 4) is 0 Å². The number of carbonyl (C=O) groups is 3. The summed E-state index contributed by atoms with van der Waals surface area (Å²) in [5, 5.41) is 13.2. The molecule has 3 aromatic rings. The number of likely N-dealkylation sites (tertiary alicyclic amines) is 1. The highest BCUT2D eigenvalue weighted by molar-refractivity contribution is 5.93. The van der Waals surface area contributed by atoms with Crippen LogP contribution in [0.5, 0.6) is 0 Å². The fourth-order valence-electron chi connectivity index (χ4n) is 5.94. The normalized spacial score (nSPS) is 19.4. The Bertz CT molecular complexity index is 1310. The van der Waals surface area contributed by atoms with Gasteiger partial charge in [-0.1, -0.05) is 60.7 Å². The molecule has 1 aliphatic carbocycles. The third kappa shape index (κ3) is 6.78. The van der Waals surface area contributed by atoms with Crippen molar-refractivity contribution in [3.05, 3.63) is 89.2 Å². The van der Waals surface area contributed by atoms with Crippen molar-refractivity contribution in [1.82, 2.24) is 25.7 Å². The number of H-pyrrole nitrogens is 1. The van der Waals surface area contributed by atoms with Gasteiger partial charge in [0.25, 0.3) is 0 Å². The van der Waals surface area contributed by atoms with E-state index in [-0.39, 0.29) is 17.9 Å². The second-order valence-corrected chi connectivity index (χ2v) is 11.9. The van der Waals surface area contributed by atoms with Gasteiger partial charge in [0.1, 0.15) is 17.7 Å². The molecule has 5 rings (SSSR count). The molecular formula is C32H39N5O4. The number of amides is 3. The van der Waals surface area contributed by atoms with Crippen molar-refractivity contribution in [2.45, 2.75) is 82.5 Å². The number of rotatable bonds is 7. The number of nitrogens with zero attached hydrogens (tertiary/aromatic N) is 2. The summed E-state index contributed by atoms with van der Waals surface area (Å²) in [6.45, 7) is 5.80. The van der Waals surface area contributed by atoms with Gasteiger partial charge in [-0.25, -0.2) is 4.79 Å². The molecule has 0 bridgehead atoms. The number of hydrogen-bond acceptors (Lipinski definition) is 5. The van der Waals surface area contributed by atoms with Crippen LogP contribution in [0.3, 0.4) is 0 Å². The minimum atomic E-state index is -0.980. The predicted molar refractivity (Wildman–Crippen MR) is 155 cm³/mol. The van der Waals surface area contributed by atoms with Crippen molar-refractivity contribution >= 4 is 17.9 Å². The summed E-state index contributed by atoms with van der Waals surface area (Å²) < 4.78 is 5.59. The molecule has 216 valence electrons. The quantitative estimate of drug-likeness (QED) is 0.405. The highest BCUT2D eigenvalue weighted by atomic mass is 16.6. The van der Waals surface area contributed by atoms with Gasteiger partial charge in [0.2, 0.25) is 11.8 Å². The molecule has 2 heterocycles. The maximum Gasteiger partial charge on any atom is 0.408 e. The topological polar surface area (TPSA) is 116 Å².